The number of rotatable bonds is 6. The second kappa shape index (κ2) is 9.62. The Hall–Kier alpha value is -0.500. The molecule has 152 valence electrons. The molecule has 2 aliphatic carbocycles. The standard InChI is InChI=1S/C21H42N3OP/c1-4-24(20(22)23)17-21(2,3)26(25,18-13-9-5-6-10-14-18)19-15-11-7-8-12-16-19/h18-19H,4-17H2,1-3H3,(H3,22,23). The second-order valence-corrected chi connectivity index (χ2v) is 13.3. The Labute approximate surface area is 161 Å². The number of nitrogens with zero attached hydrogens (tertiary/aromatic N) is 1. The molecule has 0 aromatic carbocycles. The molecule has 0 aliphatic heterocycles. The van der Waals surface area contributed by atoms with Gasteiger partial charge in [0.1, 0.15) is 7.14 Å². The van der Waals surface area contributed by atoms with Crippen LogP contribution in [0, 0.1) is 5.41 Å². The molecule has 2 rings (SSSR count). The van der Waals surface area contributed by atoms with Crippen LogP contribution in [0.5, 0.6) is 0 Å². The zero-order chi connectivity index (χ0) is 19.2. The van der Waals surface area contributed by atoms with E-state index in [0.717, 1.165) is 25.7 Å². The average molecular weight is 384 g/mol. The summed E-state index contributed by atoms with van der Waals surface area (Å²) in [7, 11) is -2.43. The summed E-state index contributed by atoms with van der Waals surface area (Å²) in [4.78, 5) is 1.92. The van der Waals surface area contributed by atoms with Crippen LogP contribution in [0.3, 0.4) is 0 Å². The van der Waals surface area contributed by atoms with Gasteiger partial charge in [0.2, 0.25) is 0 Å². The van der Waals surface area contributed by atoms with Gasteiger partial charge < -0.3 is 15.2 Å². The highest BCUT2D eigenvalue weighted by Gasteiger charge is 2.51. The largest absolute Gasteiger partial charge is 0.370 e. The van der Waals surface area contributed by atoms with Crippen LogP contribution in [0.4, 0.5) is 0 Å². The van der Waals surface area contributed by atoms with Gasteiger partial charge in [0.05, 0.1) is 0 Å². The summed E-state index contributed by atoms with van der Waals surface area (Å²) in [5.74, 6) is 0.119. The highest BCUT2D eigenvalue weighted by molar-refractivity contribution is 7.67. The van der Waals surface area contributed by atoms with Gasteiger partial charge in [-0.25, -0.2) is 0 Å². The van der Waals surface area contributed by atoms with Crippen molar-refractivity contribution in [3.8, 4) is 0 Å². The maximum Gasteiger partial charge on any atom is 0.188 e. The van der Waals surface area contributed by atoms with E-state index in [-0.39, 0.29) is 11.1 Å². The molecule has 0 atom stereocenters. The van der Waals surface area contributed by atoms with Crippen LogP contribution in [-0.4, -0.2) is 40.4 Å². The molecular formula is C21H42N3OP. The Kier molecular flexibility index (Phi) is 8.07. The van der Waals surface area contributed by atoms with Crippen molar-refractivity contribution in [1.82, 2.24) is 4.90 Å². The van der Waals surface area contributed by atoms with Gasteiger partial charge in [-0.3, -0.25) is 5.41 Å². The van der Waals surface area contributed by atoms with Crippen molar-refractivity contribution in [2.24, 2.45) is 5.73 Å². The molecule has 4 nitrogen and oxygen atoms in total. The molecular weight excluding hydrogens is 341 g/mol. The molecule has 0 aromatic heterocycles. The van der Waals surface area contributed by atoms with Gasteiger partial charge in [-0.1, -0.05) is 65.2 Å². The van der Waals surface area contributed by atoms with Crippen LogP contribution in [0.2, 0.25) is 0 Å². The number of guanidine groups is 1. The van der Waals surface area contributed by atoms with Crippen LogP contribution >= 0.6 is 7.14 Å². The lowest BCUT2D eigenvalue weighted by atomic mass is 10.2. The molecule has 2 fully saturated rings. The van der Waals surface area contributed by atoms with E-state index >= 15 is 0 Å². The van der Waals surface area contributed by atoms with E-state index < -0.39 is 7.14 Å². The van der Waals surface area contributed by atoms with Gasteiger partial charge in [-0.15, -0.1) is 0 Å². The molecule has 0 radical (unpaired) electrons. The van der Waals surface area contributed by atoms with Crippen LogP contribution < -0.4 is 5.73 Å². The lowest BCUT2D eigenvalue weighted by Crippen LogP contribution is -2.47. The predicted molar refractivity (Wildman–Crippen MR) is 114 cm³/mol. The van der Waals surface area contributed by atoms with E-state index in [9.17, 15) is 4.57 Å². The first kappa shape index (κ1) is 21.8. The summed E-state index contributed by atoms with van der Waals surface area (Å²) in [6.45, 7) is 7.85. The second-order valence-electron chi connectivity index (χ2n) is 9.21. The molecule has 0 bridgehead atoms. The van der Waals surface area contributed by atoms with E-state index in [2.05, 4.69) is 13.8 Å². The Morgan fingerprint density at radius 3 is 1.65 bits per heavy atom. The summed E-state index contributed by atoms with van der Waals surface area (Å²) < 4.78 is 15.0. The van der Waals surface area contributed by atoms with Crippen molar-refractivity contribution in [1.29, 1.82) is 5.41 Å². The highest BCUT2D eigenvalue weighted by atomic mass is 31.2. The Bertz CT molecular complexity index is 465. The zero-order valence-corrected chi connectivity index (χ0v) is 18.3. The monoisotopic (exact) mass is 383 g/mol. The molecule has 5 heteroatoms. The molecule has 0 spiro atoms. The van der Waals surface area contributed by atoms with E-state index in [1.807, 2.05) is 11.8 Å². The molecule has 3 N–H and O–H groups in total. The first-order chi connectivity index (χ1) is 12.3. The quantitative estimate of drug-likeness (QED) is 0.264. The fourth-order valence-electron chi connectivity index (χ4n) is 5.51. The fourth-order valence-corrected chi connectivity index (χ4v) is 10.7. The van der Waals surface area contributed by atoms with Crippen molar-refractivity contribution >= 4 is 13.1 Å². The van der Waals surface area contributed by atoms with Gasteiger partial charge >= 0.3 is 0 Å². The SMILES string of the molecule is CCN(CC(C)(C)P(=O)(C1CCCCCC1)C1CCCCCC1)C(=N)N. The summed E-state index contributed by atoms with van der Waals surface area (Å²) in [6, 6.07) is 0. The van der Waals surface area contributed by atoms with E-state index in [4.69, 9.17) is 11.1 Å². The van der Waals surface area contributed by atoms with Gasteiger partial charge in [-0.2, -0.15) is 0 Å². The third kappa shape index (κ3) is 4.86. The maximum atomic E-state index is 15.0. The number of nitrogens with one attached hydrogen (secondary N) is 1. The van der Waals surface area contributed by atoms with Crippen molar-refractivity contribution in [2.75, 3.05) is 13.1 Å². The van der Waals surface area contributed by atoms with Gasteiger partial charge in [0, 0.05) is 29.6 Å². The molecule has 2 saturated carbocycles. The summed E-state index contributed by atoms with van der Waals surface area (Å²) >= 11 is 0. The average Bonchev–Trinajstić information content (AvgIpc) is 3.03. The Balaban J connectivity index is 2.36. The van der Waals surface area contributed by atoms with E-state index in [1.165, 1.54) is 51.4 Å². The fraction of sp³-hybridized carbons (Fsp3) is 0.952. The van der Waals surface area contributed by atoms with Gasteiger partial charge in [0.15, 0.2) is 5.96 Å². The molecule has 0 heterocycles. The third-order valence-electron chi connectivity index (χ3n) is 6.98. The van der Waals surface area contributed by atoms with Crippen LogP contribution in [0.15, 0.2) is 0 Å². The lowest BCUT2D eigenvalue weighted by molar-refractivity contribution is 0.372. The molecule has 0 unspecified atom stereocenters. The van der Waals surface area contributed by atoms with Crippen LogP contribution in [0.25, 0.3) is 0 Å². The minimum Gasteiger partial charge on any atom is -0.370 e. The zero-order valence-electron chi connectivity index (χ0n) is 17.4. The van der Waals surface area contributed by atoms with E-state index in [0.29, 0.717) is 24.4 Å². The smallest absolute Gasteiger partial charge is 0.188 e. The highest BCUT2D eigenvalue weighted by Crippen LogP contribution is 2.70. The number of hydrogen-bond acceptors (Lipinski definition) is 2. The minimum atomic E-state index is -2.43. The maximum absolute atomic E-state index is 15.0. The minimum absolute atomic E-state index is 0.119. The van der Waals surface area contributed by atoms with Gasteiger partial charge in [0.25, 0.3) is 0 Å². The molecule has 0 amide bonds. The van der Waals surface area contributed by atoms with Crippen LogP contribution in [-0.2, 0) is 4.57 Å². The van der Waals surface area contributed by atoms with Crippen LogP contribution in [0.1, 0.15) is 97.8 Å². The summed E-state index contributed by atoms with van der Waals surface area (Å²) in [6.07, 6.45) is 14.7. The lowest BCUT2D eigenvalue weighted by Gasteiger charge is -2.46. The number of nitrogens with two attached hydrogens (primary N) is 1. The molecule has 2 aliphatic rings. The molecule has 0 saturated heterocycles. The Morgan fingerprint density at radius 1 is 0.962 bits per heavy atom. The normalized spacial score (nSPS) is 21.8. The first-order valence-corrected chi connectivity index (χ1v) is 12.9. The van der Waals surface area contributed by atoms with Crippen molar-refractivity contribution in [3.63, 3.8) is 0 Å². The van der Waals surface area contributed by atoms with E-state index in [1.54, 1.807) is 0 Å². The molecule has 26 heavy (non-hydrogen) atoms. The van der Waals surface area contributed by atoms with Gasteiger partial charge in [-0.05, 0) is 32.6 Å². The third-order valence-corrected chi connectivity index (χ3v) is 12.2. The molecule has 0 aromatic rings. The summed E-state index contributed by atoms with van der Waals surface area (Å²) in [5.41, 5.74) is 6.59. The van der Waals surface area contributed by atoms with Crippen molar-refractivity contribution in [3.05, 3.63) is 0 Å². The Morgan fingerprint density at radius 2 is 1.35 bits per heavy atom. The van der Waals surface area contributed by atoms with Crippen molar-refractivity contribution < 1.29 is 4.57 Å². The first-order valence-electron chi connectivity index (χ1n) is 11.0. The topological polar surface area (TPSA) is 70.2 Å². The van der Waals surface area contributed by atoms with Crippen molar-refractivity contribution in [2.45, 2.75) is 114 Å². The predicted octanol–water partition coefficient (Wildman–Crippen LogP) is 5.79. The summed E-state index contributed by atoms with van der Waals surface area (Å²) in [5, 5.41) is 7.63. The number of hydrogen-bond donors (Lipinski definition) is 2.